The highest BCUT2D eigenvalue weighted by Crippen LogP contribution is 2.25. The van der Waals surface area contributed by atoms with Gasteiger partial charge in [-0.3, -0.25) is 9.69 Å². The Kier molecular flexibility index (Phi) is 3.95. The van der Waals surface area contributed by atoms with Crippen LogP contribution >= 0.6 is 0 Å². The summed E-state index contributed by atoms with van der Waals surface area (Å²) in [5, 5.41) is 8.96. The van der Waals surface area contributed by atoms with E-state index in [1.807, 2.05) is 20.9 Å². The van der Waals surface area contributed by atoms with E-state index in [4.69, 9.17) is 5.11 Å². The molecule has 2 rings (SSSR count). The summed E-state index contributed by atoms with van der Waals surface area (Å²) in [5.41, 5.74) is 3.91. The summed E-state index contributed by atoms with van der Waals surface area (Å²) in [6.45, 7) is 4.76. The van der Waals surface area contributed by atoms with Crippen LogP contribution in [0.1, 0.15) is 43.4 Å². The molecule has 1 aliphatic rings. The van der Waals surface area contributed by atoms with Crippen LogP contribution in [0.25, 0.3) is 0 Å². The minimum atomic E-state index is -0.745. The molecule has 0 radical (unpaired) electrons. The zero-order valence-corrected chi connectivity index (χ0v) is 12.1. The van der Waals surface area contributed by atoms with Crippen molar-refractivity contribution < 1.29 is 9.90 Å². The summed E-state index contributed by atoms with van der Waals surface area (Å²) in [6.07, 6.45) is 3.81. The molecule has 1 aromatic rings. The Morgan fingerprint density at radius 3 is 2.68 bits per heavy atom. The van der Waals surface area contributed by atoms with Gasteiger partial charge in [-0.2, -0.15) is 0 Å². The molecule has 3 heteroatoms. The lowest BCUT2D eigenvalue weighted by Gasteiger charge is -2.34. The fraction of sp³-hybridized carbons (Fsp3) is 0.562. The van der Waals surface area contributed by atoms with E-state index in [-0.39, 0.29) is 12.0 Å². The SMILES string of the molecule is CN(Cc1ccc2c(c1)CCC2)C(C)(C)CC(=O)O. The molecule has 0 unspecified atom stereocenters. The van der Waals surface area contributed by atoms with E-state index in [1.54, 1.807) is 0 Å². The van der Waals surface area contributed by atoms with Crippen molar-refractivity contribution >= 4 is 5.97 Å². The number of aliphatic carboxylic acids is 1. The van der Waals surface area contributed by atoms with Crippen LogP contribution in [0.5, 0.6) is 0 Å². The van der Waals surface area contributed by atoms with Gasteiger partial charge in [0.2, 0.25) is 0 Å². The second-order valence-electron chi connectivity index (χ2n) is 6.20. The van der Waals surface area contributed by atoms with Gasteiger partial charge in [-0.05, 0) is 56.8 Å². The number of aryl methyl sites for hydroxylation is 2. The third kappa shape index (κ3) is 3.35. The topological polar surface area (TPSA) is 40.5 Å². The van der Waals surface area contributed by atoms with Gasteiger partial charge in [0.1, 0.15) is 0 Å². The Labute approximate surface area is 115 Å². The van der Waals surface area contributed by atoms with Gasteiger partial charge in [0.25, 0.3) is 0 Å². The first-order chi connectivity index (χ1) is 8.88. The molecule has 0 fully saturated rings. The van der Waals surface area contributed by atoms with Gasteiger partial charge in [0.15, 0.2) is 0 Å². The van der Waals surface area contributed by atoms with Gasteiger partial charge in [-0.15, -0.1) is 0 Å². The number of carboxylic acids is 1. The standard InChI is InChI=1S/C16H23NO2/c1-16(2,10-15(18)19)17(3)11-12-7-8-13-5-4-6-14(13)9-12/h7-9H,4-6,10-11H2,1-3H3,(H,18,19). The minimum Gasteiger partial charge on any atom is -0.481 e. The van der Waals surface area contributed by atoms with Crippen molar-refractivity contribution in [1.29, 1.82) is 0 Å². The molecule has 0 heterocycles. The van der Waals surface area contributed by atoms with Crippen molar-refractivity contribution in [2.75, 3.05) is 7.05 Å². The lowest BCUT2D eigenvalue weighted by atomic mass is 9.97. The predicted molar refractivity (Wildman–Crippen MR) is 76.3 cm³/mol. The lowest BCUT2D eigenvalue weighted by Crippen LogP contribution is -2.42. The smallest absolute Gasteiger partial charge is 0.305 e. The van der Waals surface area contributed by atoms with Gasteiger partial charge < -0.3 is 5.11 Å². The van der Waals surface area contributed by atoms with Crippen LogP contribution in [0.15, 0.2) is 18.2 Å². The van der Waals surface area contributed by atoms with E-state index in [0.29, 0.717) is 0 Å². The van der Waals surface area contributed by atoms with Crippen LogP contribution in [-0.4, -0.2) is 28.6 Å². The molecule has 1 aromatic carbocycles. The van der Waals surface area contributed by atoms with E-state index < -0.39 is 5.97 Å². The highest BCUT2D eigenvalue weighted by Gasteiger charge is 2.26. The number of hydrogen-bond donors (Lipinski definition) is 1. The zero-order valence-electron chi connectivity index (χ0n) is 12.1. The number of nitrogens with zero attached hydrogens (tertiary/aromatic N) is 1. The molecule has 0 aromatic heterocycles. The maximum atomic E-state index is 10.9. The van der Waals surface area contributed by atoms with E-state index in [1.165, 1.54) is 36.0 Å². The van der Waals surface area contributed by atoms with Crippen molar-refractivity contribution in [3.63, 3.8) is 0 Å². The molecule has 0 amide bonds. The van der Waals surface area contributed by atoms with E-state index >= 15 is 0 Å². The average molecular weight is 261 g/mol. The number of fused-ring (bicyclic) bond motifs is 1. The fourth-order valence-corrected chi connectivity index (χ4v) is 2.72. The number of carboxylic acid groups (broad SMARTS) is 1. The monoisotopic (exact) mass is 261 g/mol. The molecule has 0 saturated carbocycles. The normalized spacial score (nSPS) is 14.7. The number of benzene rings is 1. The van der Waals surface area contributed by atoms with Gasteiger partial charge in [0, 0.05) is 12.1 Å². The van der Waals surface area contributed by atoms with E-state index in [2.05, 4.69) is 23.1 Å². The number of carbonyl (C=O) groups is 1. The largest absolute Gasteiger partial charge is 0.481 e. The van der Waals surface area contributed by atoms with Crippen LogP contribution < -0.4 is 0 Å². The second kappa shape index (κ2) is 5.33. The maximum Gasteiger partial charge on any atom is 0.305 e. The Hall–Kier alpha value is -1.35. The Morgan fingerprint density at radius 2 is 2.00 bits per heavy atom. The van der Waals surface area contributed by atoms with Crippen LogP contribution in [0.2, 0.25) is 0 Å². The van der Waals surface area contributed by atoms with Crippen LogP contribution in [0.3, 0.4) is 0 Å². The van der Waals surface area contributed by atoms with E-state index in [0.717, 1.165) is 6.54 Å². The third-order valence-corrected chi connectivity index (χ3v) is 4.20. The Morgan fingerprint density at radius 1 is 1.32 bits per heavy atom. The number of hydrogen-bond acceptors (Lipinski definition) is 2. The molecule has 3 nitrogen and oxygen atoms in total. The van der Waals surface area contributed by atoms with Crippen LogP contribution in [0.4, 0.5) is 0 Å². The molecular formula is C16H23NO2. The minimum absolute atomic E-state index is 0.161. The third-order valence-electron chi connectivity index (χ3n) is 4.20. The van der Waals surface area contributed by atoms with Crippen molar-refractivity contribution in [3.05, 3.63) is 34.9 Å². The quantitative estimate of drug-likeness (QED) is 0.886. The summed E-state index contributed by atoms with van der Waals surface area (Å²) < 4.78 is 0. The average Bonchev–Trinajstić information content (AvgIpc) is 2.74. The van der Waals surface area contributed by atoms with Gasteiger partial charge in [-0.1, -0.05) is 18.2 Å². The zero-order chi connectivity index (χ0) is 14.0. The molecule has 104 valence electrons. The summed E-state index contributed by atoms with van der Waals surface area (Å²) in [4.78, 5) is 13.0. The van der Waals surface area contributed by atoms with Crippen molar-refractivity contribution in [2.24, 2.45) is 0 Å². The Bertz CT molecular complexity index is 480. The fourth-order valence-electron chi connectivity index (χ4n) is 2.72. The van der Waals surface area contributed by atoms with Crippen molar-refractivity contribution in [1.82, 2.24) is 4.90 Å². The molecular weight excluding hydrogens is 238 g/mol. The molecule has 19 heavy (non-hydrogen) atoms. The highest BCUT2D eigenvalue weighted by atomic mass is 16.4. The summed E-state index contributed by atoms with van der Waals surface area (Å²) in [6, 6.07) is 6.70. The molecule has 0 saturated heterocycles. The maximum absolute atomic E-state index is 10.9. The highest BCUT2D eigenvalue weighted by molar-refractivity contribution is 5.68. The second-order valence-corrected chi connectivity index (χ2v) is 6.20. The van der Waals surface area contributed by atoms with E-state index in [9.17, 15) is 4.79 Å². The molecule has 0 aliphatic heterocycles. The van der Waals surface area contributed by atoms with Crippen molar-refractivity contribution in [3.8, 4) is 0 Å². The first-order valence-electron chi connectivity index (χ1n) is 6.92. The lowest BCUT2D eigenvalue weighted by molar-refractivity contribution is -0.139. The molecule has 0 atom stereocenters. The van der Waals surface area contributed by atoms with Gasteiger partial charge in [-0.25, -0.2) is 0 Å². The van der Waals surface area contributed by atoms with Crippen molar-refractivity contribution in [2.45, 2.75) is 51.6 Å². The summed E-state index contributed by atoms with van der Waals surface area (Å²) >= 11 is 0. The first kappa shape index (κ1) is 14.1. The Balaban J connectivity index is 2.06. The summed E-state index contributed by atoms with van der Waals surface area (Å²) in [5.74, 6) is -0.745. The van der Waals surface area contributed by atoms with Gasteiger partial charge in [0.05, 0.1) is 6.42 Å². The summed E-state index contributed by atoms with van der Waals surface area (Å²) in [7, 11) is 2.00. The number of rotatable bonds is 5. The molecule has 0 spiro atoms. The van der Waals surface area contributed by atoms with Crippen LogP contribution in [0, 0.1) is 0 Å². The molecule has 1 N–H and O–H groups in total. The molecule has 1 aliphatic carbocycles. The predicted octanol–water partition coefficient (Wildman–Crippen LogP) is 2.86. The molecule has 0 bridgehead atoms. The van der Waals surface area contributed by atoms with Crippen LogP contribution in [-0.2, 0) is 24.2 Å². The first-order valence-corrected chi connectivity index (χ1v) is 6.92. The van der Waals surface area contributed by atoms with Gasteiger partial charge >= 0.3 is 5.97 Å².